The Morgan fingerprint density at radius 2 is 1.73 bits per heavy atom. The summed E-state index contributed by atoms with van der Waals surface area (Å²) in [5, 5.41) is 8.78. The molecule has 0 amide bonds. The Hall–Kier alpha value is -1.03. The highest BCUT2D eigenvalue weighted by Crippen LogP contribution is 2.11. The van der Waals surface area contributed by atoms with Gasteiger partial charge in [0.05, 0.1) is 6.61 Å². The quantitative estimate of drug-likeness (QED) is 0.365. The average molecular weight is 236 g/mol. The minimum Gasteiger partial charge on any atom is -0.759 e. The lowest BCUT2D eigenvalue weighted by molar-refractivity contribution is -0.261. The molecule has 0 fully saturated rings. The standard InChI is InChI=1S/C7H10N2O.H2O4S/c8-6-1-2-7(9)5(3-6)4-10;1-5(2,3)4/h1-3,10H,4,8-9H2;(H2,1,2,3,4). The van der Waals surface area contributed by atoms with Crippen LogP contribution in [0.1, 0.15) is 5.56 Å². The van der Waals surface area contributed by atoms with Crippen molar-refractivity contribution in [3.63, 3.8) is 0 Å². The molecule has 0 radical (unpaired) electrons. The molecule has 7 N–H and O–H groups in total. The summed E-state index contributed by atoms with van der Waals surface area (Å²) in [5.74, 6) is 0. The summed E-state index contributed by atoms with van der Waals surface area (Å²) >= 11 is 0. The van der Waals surface area contributed by atoms with Crippen LogP contribution in [0.25, 0.3) is 0 Å². The molecular weight excluding hydrogens is 224 g/mol. The van der Waals surface area contributed by atoms with E-state index in [1.54, 1.807) is 0 Å². The maximum atomic E-state index is 8.78. The van der Waals surface area contributed by atoms with Crippen LogP contribution in [0.4, 0.5) is 11.4 Å². The van der Waals surface area contributed by atoms with Gasteiger partial charge in [-0.05, 0) is 0 Å². The van der Waals surface area contributed by atoms with Crippen LogP contribution in [0, 0.1) is 0 Å². The Kier molecular flexibility index (Phi) is 5.36. The molecule has 0 atom stereocenters. The number of rotatable bonds is 1. The molecule has 7 nitrogen and oxygen atoms in total. The normalized spacial score (nSPS) is 10.5. The van der Waals surface area contributed by atoms with Crippen molar-refractivity contribution in [2.75, 3.05) is 0 Å². The Morgan fingerprint density at radius 1 is 1.27 bits per heavy atom. The summed E-state index contributed by atoms with van der Waals surface area (Å²) in [6, 6.07) is 5.57. The van der Waals surface area contributed by atoms with Gasteiger partial charge in [-0.3, -0.25) is 8.42 Å². The lowest BCUT2D eigenvalue weighted by atomic mass is 10.2. The third-order valence-corrected chi connectivity index (χ3v) is 1.44. The van der Waals surface area contributed by atoms with Crippen molar-refractivity contribution in [3.8, 4) is 0 Å². The Bertz CT molecular complexity index is 409. The van der Waals surface area contributed by atoms with Crippen molar-refractivity contribution >= 4 is 21.8 Å². The fourth-order valence-corrected chi connectivity index (χ4v) is 0.826. The first-order valence-electron chi connectivity index (χ1n) is 3.78. The number of benzene rings is 1. The molecule has 8 heteroatoms. The molecule has 0 heterocycles. The number of aliphatic hydroxyl groups is 1. The highest BCUT2D eigenvalue weighted by Gasteiger charge is 2.01. The number of hydrogen-bond acceptors (Lipinski definition) is 5. The van der Waals surface area contributed by atoms with Crippen LogP contribution in [0.5, 0.6) is 0 Å². The molecule has 0 aliphatic rings. The molecular formula is C7H12N2O5S. The van der Waals surface area contributed by atoms with Gasteiger partial charge in [0.1, 0.15) is 11.4 Å². The number of aliphatic hydroxyl groups excluding tert-OH is 1. The molecule has 0 aromatic heterocycles. The van der Waals surface area contributed by atoms with E-state index in [-0.39, 0.29) is 6.61 Å². The molecule has 0 aliphatic carbocycles. The van der Waals surface area contributed by atoms with E-state index in [0.717, 1.165) is 16.9 Å². The minimum atomic E-state index is -5.17. The van der Waals surface area contributed by atoms with Crippen LogP contribution in [-0.4, -0.2) is 22.6 Å². The second-order valence-corrected chi connectivity index (χ2v) is 3.49. The summed E-state index contributed by atoms with van der Waals surface area (Å²) in [6.07, 6.45) is 0. The van der Waals surface area contributed by atoms with Crippen LogP contribution >= 0.6 is 0 Å². The first-order valence-corrected chi connectivity index (χ1v) is 5.11. The zero-order valence-electron chi connectivity index (χ0n) is 7.84. The zero-order chi connectivity index (χ0) is 12.1. The lowest BCUT2D eigenvalue weighted by Gasteiger charge is -2.06. The summed E-state index contributed by atoms with van der Waals surface area (Å²) in [7, 11) is -5.17. The molecule has 0 bridgehead atoms. The van der Waals surface area contributed by atoms with Gasteiger partial charge in [0.15, 0.2) is 0 Å². The first-order chi connectivity index (χ1) is 6.74. The molecule has 1 aromatic rings. The second-order valence-electron chi connectivity index (χ2n) is 2.67. The van der Waals surface area contributed by atoms with E-state index in [0.29, 0.717) is 0 Å². The van der Waals surface area contributed by atoms with Crippen LogP contribution < -0.4 is 11.5 Å². The van der Waals surface area contributed by atoms with Gasteiger partial charge in [0.25, 0.3) is 0 Å². The van der Waals surface area contributed by atoms with Gasteiger partial charge in [-0.1, -0.05) is 0 Å². The first kappa shape index (κ1) is 14.0. The number of quaternary nitrogens is 2. The molecule has 0 unspecified atom stereocenters. The Balaban J connectivity index is 0.000000336. The third kappa shape index (κ3) is 8.00. The zero-order valence-corrected chi connectivity index (χ0v) is 8.66. The van der Waals surface area contributed by atoms with E-state index in [2.05, 4.69) is 11.5 Å². The van der Waals surface area contributed by atoms with Gasteiger partial charge in [-0.15, -0.1) is 0 Å². The van der Waals surface area contributed by atoms with E-state index in [1.165, 1.54) is 0 Å². The van der Waals surface area contributed by atoms with Gasteiger partial charge in [0, 0.05) is 34.2 Å². The predicted octanol–water partition coefficient (Wildman–Crippen LogP) is -2.41. The molecule has 86 valence electrons. The van der Waals surface area contributed by atoms with Gasteiger partial charge in [-0.25, -0.2) is 0 Å². The lowest BCUT2D eigenvalue weighted by Crippen LogP contribution is -2.43. The summed E-state index contributed by atoms with van der Waals surface area (Å²) in [4.78, 5) is 0. The molecule has 0 saturated heterocycles. The fraction of sp³-hybridized carbons (Fsp3) is 0.143. The van der Waals surface area contributed by atoms with E-state index in [9.17, 15) is 0 Å². The van der Waals surface area contributed by atoms with Crippen molar-refractivity contribution in [3.05, 3.63) is 23.8 Å². The summed E-state index contributed by atoms with van der Waals surface area (Å²) in [6.45, 7) is 0.0438. The monoisotopic (exact) mass is 236 g/mol. The van der Waals surface area contributed by atoms with Gasteiger partial charge >= 0.3 is 0 Å². The second kappa shape index (κ2) is 5.75. The topological polar surface area (TPSA) is 156 Å². The van der Waals surface area contributed by atoms with Crippen molar-refractivity contribution in [2.24, 2.45) is 0 Å². The summed E-state index contributed by atoms with van der Waals surface area (Å²) < 4.78 is 34.1. The van der Waals surface area contributed by atoms with Gasteiger partial charge in [-0.2, -0.15) is 0 Å². The van der Waals surface area contributed by atoms with Crippen LogP contribution in [0.3, 0.4) is 0 Å². The average Bonchev–Trinajstić information content (AvgIpc) is 2.06. The smallest absolute Gasteiger partial charge is 0.133 e. The maximum Gasteiger partial charge on any atom is 0.133 e. The predicted molar refractivity (Wildman–Crippen MR) is 47.9 cm³/mol. The van der Waals surface area contributed by atoms with Gasteiger partial charge < -0.3 is 25.7 Å². The van der Waals surface area contributed by atoms with Crippen LogP contribution in [0.2, 0.25) is 0 Å². The maximum absolute atomic E-state index is 8.78. The van der Waals surface area contributed by atoms with E-state index >= 15 is 0 Å². The fourth-order valence-electron chi connectivity index (χ4n) is 0.826. The van der Waals surface area contributed by atoms with Crippen molar-refractivity contribution in [2.45, 2.75) is 6.61 Å². The van der Waals surface area contributed by atoms with Crippen molar-refractivity contribution in [1.82, 2.24) is 0 Å². The highest BCUT2D eigenvalue weighted by molar-refractivity contribution is 7.79. The summed E-state index contributed by atoms with van der Waals surface area (Å²) in [5.41, 5.74) is 10.1. The molecule has 0 aliphatic heterocycles. The Labute approximate surface area is 86.9 Å². The molecule has 15 heavy (non-hydrogen) atoms. The van der Waals surface area contributed by atoms with Gasteiger partial charge in [0.2, 0.25) is 0 Å². The van der Waals surface area contributed by atoms with E-state index in [4.69, 9.17) is 22.6 Å². The SMILES string of the molecule is O=S(=O)([O-])[O-].[NH3+]c1ccc([NH3+])c(CO)c1. The van der Waals surface area contributed by atoms with Crippen molar-refractivity contribution < 1.29 is 34.1 Å². The molecule has 0 saturated carbocycles. The largest absolute Gasteiger partial charge is 0.759 e. The van der Waals surface area contributed by atoms with Crippen molar-refractivity contribution in [1.29, 1.82) is 0 Å². The van der Waals surface area contributed by atoms with E-state index in [1.807, 2.05) is 18.2 Å². The molecule has 0 spiro atoms. The van der Waals surface area contributed by atoms with Crippen LogP contribution in [0.15, 0.2) is 18.2 Å². The van der Waals surface area contributed by atoms with E-state index < -0.39 is 10.4 Å². The highest BCUT2D eigenvalue weighted by atomic mass is 32.3. The molecule has 1 rings (SSSR count). The minimum absolute atomic E-state index is 0.0438. The number of hydrogen-bond donors (Lipinski definition) is 3. The third-order valence-electron chi connectivity index (χ3n) is 1.44. The molecule has 1 aromatic carbocycles. The Morgan fingerprint density at radius 3 is 2.07 bits per heavy atom. The van der Waals surface area contributed by atoms with Crippen LogP contribution in [-0.2, 0) is 17.0 Å².